The predicted molar refractivity (Wildman–Crippen MR) is 100 cm³/mol. The highest BCUT2D eigenvalue weighted by molar-refractivity contribution is 9.10. The molecule has 1 N–H and O–H groups in total. The molecule has 2 aromatic carbocycles. The molecular formula is C19H21BrN2O2. The van der Waals surface area contributed by atoms with Crippen molar-refractivity contribution in [2.45, 2.75) is 19.8 Å². The Morgan fingerprint density at radius 1 is 1.12 bits per heavy atom. The van der Waals surface area contributed by atoms with Crippen LogP contribution in [0.1, 0.15) is 17.5 Å². The first kappa shape index (κ1) is 18.2. The molecule has 0 saturated carbocycles. The average molecular weight is 389 g/mol. The van der Waals surface area contributed by atoms with E-state index in [2.05, 4.69) is 21.2 Å². The van der Waals surface area contributed by atoms with E-state index in [1.165, 1.54) is 0 Å². The van der Waals surface area contributed by atoms with Gasteiger partial charge in [-0.05, 0) is 36.2 Å². The molecule has 0 aliphatic rings. The number of carbonyl (C=O) groups excluding carboxylic acids is 2. The third-order valence-electron chi connectivity index (χ3n) is 3.76. The smallest absolute Gasteiger partial charge is 0.228 e. The van der Waals surface area contributed by atoms with Gasteiger partial charge >= 0.3 is 0 Å². The molecule has 0 atom stereocenters. The summed E-state index contributed by atoms with van der Waals surface area (Å²) < 4.78 is 0.984. The summed E-state index contributed by atoms with van der Waals surface area (Å²) in [6.07, 6.45) is 0.600. The van der Waals surface area contributed by atoms with Gasteiger partial charge in [-0.25, -0.2) is 0 Å². The van der Waals surface area contributed by atoms with Crippen molar-refractivity contribution in [3.8, 4) is 0 Å². The van der Waals surface area contributed by atoms with E-state index in [1.807, 2.05) is 55.5 Å². The van der Waals surface area contributed by atoms with E-state index in [-0.39, 0.29) is 18.2 Å². The van der Waals surface area contributed by atoms with Gasteiger partial charge in [0.15, 0.2) is 0 Å². The summed E-state index contributed by atoms with van der Waals surface area (Å²) in [4.78, 5) is 25.8. The molecule has 2 aromatic rings. The standard InChI is InChI=1S/C19H21BrN2O2/c1-14-12-16(20)8-9-17(14)22(2)19(24)10-11-21-18(23)13-15-6-4-3-5-7-15/h3-9,12H,10-11,13H2,1-2H3,(H,21,23). The summed E-state index contributed by atoms with van der Waals surface area (Å²) in [5, 5.41) is 2.80. The van der Waals surface area contributed by atoms with Crippen molar-refractivity contribution in [1.82, 2.24) is 5.32 Å². The lowest BCUT2D eigenvalue weighted by molar-refractivity contribution is -0.121. The van der Waals surface area contributed by atoms with Crippen LogP contribution in [0.25, 0.3) is 0 Å². The number of hydrogen-bond donors (Lipinski definition) is 1. The van der Waals surface area contributed by atoms with Crippen LogP contribution in [-0.2, 0) is 16.0 Å². The van der Waals surface area contributed by atoms with E-state index >= 15 is 0 Å². The Morgan fingerprint density at radius 2 is 1.83 bits per heavy atom. The zero-order chi connectivity index (χ0) is 17.5. The fourth-order valence-electron chi connectivity index (χ4n) is 2.45. The normalized spacial score (nSPS) is 10.3. The van der Waals surface area contributed by atoms with Gasteiger partial charge < -0.3 is 10.2 Å². The van der Waals surface area contributed by atoms with Gasteiger partial charge in [-0.2, -0.15) is 0 Å². The minimum absolute atomic E-state index is 0.0274. The number of nitrogens with zero attached hydrogens (tertiary/aromatic N) is 1. The first-order chi connectivity index (χ1) is 11.5. The molecule has 0 bridgehead atoms. The van der Waals surface area contributed by atoms with Gasteiger partial charge in [-0.3, -0.25) is 9.59 Å². The van der Waals surface area contributed by atoms with E-state index < -0.39 is 0 Å². The maximum Gasteiger partial charge on any atom is 0.228 e. The number of nitrogens with one attached hydrogen (secondary N) is 1. The van der Waals surface area contributed by atoms with Crippen LogP contribution in [0, 0.1) is 6.92 Å². The van der Waals surface area contributed by atoms with Gasteiger partial charge in [0.25, 0.3) is 0 Å². The fraction of sp³-hybridized carbons (Fsp3) is 0.263. The molecule has 0 aromatic heterocycles. The molecule has 5 heteroatoms. The van der Waals surface area contributed by atoms with Crippen LogP contribution in [0.3, 0.4) is 0 Å². The predicted octanol–water partition coefficient (Wildman–Crippen LogP) is 3.47. The number of aryl methyl sites for hydroxylation is 1. The number of amides is 2. The molecule has 126 valence electrons. The molecule has 0 radical (unpaired) electrons. The SMILES string of the molecule is Cc1cc(Br)ccc1N(C)C(=O)CCNC(=O)Cc1ccccc1. The summed E-state index contributed by atoms with van der Waals surface area (Å²) in [6, 6.07) is 15.3. The maximum absolute atomic E-state index is 12.3. The lowest BCUT2D eigenvalue weighted by Gasteiger charge is -2.20. The summed E-state index contributed by atoms with van der Waals surface area (Å²) in [6.45, 7) is 2.30. The maximum atomic E-state index is 12.3. The van der Waals surface area contributed by atoms with E-state index in [4.69, 9.17) is 0 Å². The molecule has 24 heavy (non-hydrogen) atoms. The number of anilines is 1. The molecule has 0 spiro atoms. The Morgan fingerprint density at radius 3 is 2.50 bits per heavy atom. The summed E-state index contributed by atoms with van der Waals surface area (Å²) in [7, 11) is 1.75. The van der Waals surface area contributed by atoms with Crippen molar-refractivity contribution in [2.75, 3.05) is 18.5 Å². The van der Waals surface area contributed by atoms with Gasteiger partial charge in [-0.1, -0.05) is 46.3 Å². The van der Waals surface area contributed by atoms with Crippen LogP contribution < -0.4 is 10.2 Å². The van der Waals surface area contributed by atoms with Crippen molar-refractivity contribution in [3.05, 3.63) is 64.1 Å². The molecule has 4 nitrogen and oxygen atoms in total. The van der Waals surface area contributed by atoms with E-state index in [9.17, 15) is 9.59 Å². The van der Waals surface area contributed by atoms with Crippen LogP contribution in [0.2, 0.25) is 0 Å². The van der Waals surface area contributed by atoms with Crippen molar-refractivity contribution < 1.29 is 9.59 Å². The Kier molecular flexibility index (Phi) is 6.55. The van der Waals surface area contributed by atoms with Gasteiger partial charge in [-0.15, -0.1) is 0 Å². The Balaban J connectivity index is 1.81. The highest BCUT2D eigenvalue weighted by Crippen LogP contribution is 2.23. The highest BCUT2D eigenvalue weighted by Gasteiger charge is 2.13. The second kappa shape index (κ2) is 8.64. The number of benzene rings is 2. The molecule has 0 fully saturated rings. The molecule has 0 aliphatic carbocycles. The Labute approximate surface area is 151 Å². The van der Waals surface area contributed by atoms with E-state index in [0.29, 0.717) is 13.0 Å². The minimum Gasteiger partial charge on any atom is -0.355 e. The fourth-order valence-corrected chi connectivity index (χ4v) is 2.93. The number of rotatable bonds is 6. The summed E-state index contributed by atoms with van der Waals surface area (Å²) in [5.74, 6) is -0.100. The van der Waals surface area contributed by atoms with Gasteiger partial charge in [0.05, 0.1) is 6.42 Å². The Hall–Kier alpha value is -2.14. The third-order valence-corrected chi connectivity index (χ3v) is 4.26. The molecule has 0 heterocycles. The third kappa shape index (κ3) is 5.20. The second-order valence-corrected chi connectivity index (χ2v) is 6.56. The van der Waals surface area contributed by atoms with E-state index in [1.54, 1.807) is 11.9 Å². The molecule has 0 saturated heterocycles. The molecule has 2 amide bonds. The van der Waals surface area contributed by atoms with Gasteiger partial charge in [0.1, 0.15) is 0 Å². The van der Waals surface area contributed by atoms with Crippen LogP contribution in [0.15, 0.2) is 53.0 Å². The van der Waals surface area contributed by atoms with Crippen LogP contribution in [0.5, 0.6) is 0 Å². The monoisotopic (exact) mass is 388 g/mol. The van der Waals surface area contributed by atoms with Crippen LogP contribution in [-0.4, -0.2) is 25.4 Å². The number of hydrogen-bond acceptors (Lipinski definition) is 2. The average Bonchev–Trinajstić information content (AvgIpc) is 2.55. The van der Waals surface area contributed by atoms with Crippen molar-refractivity contribution in [1.29, 1.82) is 0 Å². The van der Waals surface area contributed by atoms with Crippen LogP contribution >= 0.6 is 15.9 Å². The lowest BCUT2D eigenvalue weighted by Crippen LogP contribution is -2.33. The summed E-state index contributed by atoms with van der Waals surface area (Å²) >= 11 is 3.42. The highest BCUT2D eigenvalue weighted by atomic mass is 79.9. The zero-order valence-corrected chi connectivity index (χ0v) is 15.5. The molecule has 2 rings (SSSR count). The first-order valence-corrected chi connectivity index (χ1v) is 8.60. The molecule has 0 unspecified atom stereocenters. The summed E-state index contributed by atoms with van der Waals surface area (Å²) in [5.41, 5.74) is 2.86. The second-order valence-electron chi connectivity index (χ2n) is 5.65. The topological polar surface area (TPSA) is 49.4 Å². The number of carbonyl (C=O) groups is 2. The van der Waals surface area contributed by atoms with Crippen LogP contribution in [0.4, 0.5) is 5.69 Å². The van der Waals surface area contributed by atoms with Gasteiger partial charge in [0.2, 0.25) is 11.8 Å². The van der Waals surface area contributed by atoms with E-state index in [0.717, 1.165) is 21.3 Å². The quantitative estimate of drug-likeness (QED) is 0.823. The molecule has 0 aliphatic heterocycles. The van der Waals surface area contributed by atoms with Crippen molar-refractivity contribution in [3.63, 3.8) is 0 Å². The lowest BCUT2D eigenvalue weighted by atomic mass is 10.1. The van der Waals surface area contributed by atoms with Crippen molar-refractivity contribution in [2.24, 2.45) is 0 Å². The Bertz CT molecular complexity index is 717. The number of halogens is 1. The molecular weight excluding hydrogens is 368 g/mol. The zero-order valence-electron chi connectivity index (χ0n) is 13.9. The minimum atomic E-state index is -0.0727. The van der Waals surface area contributed by atoms with Crippen molar-refractivity contribution >= 4 is 33.4 Å². The first-order valence-electron chi connectivity index (χ1n) is 7.80. The largest absolute Gasteiger partial charge is 0.355 e. The van der Waals surface area contributed by atoms with Gasteiger partial charge in [0, 0.05) is 30.2 Å².